The molecular formula is C18H15Br2N3O. The van der Waals surface area contributed by atoms with E-state index in [2.05, 4.69) is 37.2 Å². The molecule has 3 aromatic rings. The molecule has 2 N–H and O–H groups in total. The summed E-state index contributed by atoms with van der Waals surface area (Å²) < 4.78 is 3.28. The predicted octanol–water partition coefficient (Wildman–Crippen LogP) is 5.28. The molecule has 0 amide bonds. The van der Waals surface area contributed by atoms with Crippen molar-refractivity contribution in [1.29, 1.82) is 5.41 Å². The maximum atomic E-state index is 13.2. The summed E-state index contributed by atoms with van der Waals surface area (Å²) in [7, 11) is 1.76. The van der Waals surface area contributed by atoms with Crippen molar-refractivity contribution < 1.29 is 4.79 Å². The van der Waals surface area contributed by atoms with E-state index in [1.165, 1.54) is 0 Å². The van der Waals surface area contributed by atoms with Gasteiger partial charge in [0.05, 0.1) is 11.1 Å². The molecule has 0 atom stereocenters. The number of nitrogens with one attached hydrogen (secondary N) is 2. The van der Waals surface area contributed by atoms with Gasteiger partial charge in [-0.2, -0.15) is 0 Å². The average Bonchev–Trinajstić information content (AvgIpc) is 2.88. The molecule has 0 fully saturated rings. The van der Waals surface area contributed by atoms with Crippen LogP contribution in [0.3, 0.4) is 0 Å². The number of rotatable bonds is 3. The van der Waals surface area contributed by atoms with Gasteiger partial charge in [-0.05, 0) is 53.2 Å². The number of anilines is 1. The van der Waals surface area contributed by atoms with E-state index in [1.807, 2.05) is 36.4 Å². The van der Waals surface area contributed by atoms with E-state index in [1.54, 1.807) is 24.6 Å². The zero-order chi connectivity index (χ0) is 17.4. The Morgan fingerprint density at radius 3 is 2.50 bits per heavy atom. The molecular weight excluding hydrogens is 434 g/mol. The molecule has 3 rings (SSSR count). The van der Waals surface area contributed by atoms with E-state index >= 15 is 0 Å². The number of aromatic nitrogens is 1. The van der Waals surface area contributed by atoms with Crippen LogP contribution in [0.25, 0.3) is 10.9 Å². The van der Waals surface area contributed by atoms with Crippen molar-refractivity contribution in [3.8, 4) is 0 Å². The van der Waals surface area contributed by atoms with Crippen LogP contribution < -0.4 is 5.32 Å². The van der Waals surface area contributed by atoms with Crippen LogP contribution in [-0.2, 0) is 0 Å². The molecule has 0 bridgehead atoms. The Kier molecular flexibility index (Phi) is 4.60. The number of halogens is 2. The van der Waals surface area contributed by atoms with Gasteiger partial charge in [0.1, 0.15) is 5.82 Å². The first-order valence-corrected chi connectivity index (χ1v) is 8.90. The molecule has 1 aromatic heterocycles. The first-order chi connectivity index (χ1) is 11.5. The standard InChI is InChI=1S/C18H15Br2N3O/c1-10(21)16-13-9-11(19)7-8-15(13)23(17(16)22-2)18(24)12-5-3-4-6-14(12)20/h3-9,21-22H,1-2H3. The predicted molar refractivity (Wildman–Crippen MR) is 106 cm³/mol. The van der Waals surface area contributed by atoms with Gasteiger partial charge in [0.15, 0.2) is 0 Å². The Balaban J connectivity index is 2.38. The van der Waals surface area contributed by atoms with Gasteiger partial charge >= 0.3 is 0 Å². The number of carbonyl (C=O) groups is 1. The van der Waals surface area contributed by atoms with E-state index in [9.17, 15) is 4.79 Å². The van der Waals surface area contributed by atoms with E-state index in [0.717, 1.165) is 25.4 Å². The van der Waals surface area contributed by atoms with Crippen LogP contribution >= 0.6 is 31.9 Å². The molecule has 122 valence electrons. The zero-order valence-corrected chi connectivity index (χ0v) is 16.3. The van der Waals surface area contributed by atoms with Crippen molar-refractivity contribution in [1.82, 2.24) is 4.57 Å². The first-order valence-electron chi connectivity index (χ1n) is 7.32. The summed E-state index contributed by atoms with van der Waals surface area (Å²) in [4.78, 5) is 13.2. The molecule has 0 aliphatic heterocycles. The van der Waals surface area contributed by atoms with Gasteiger partial charge in [-0.3, -0.25) is 9.36 Å². The van der Waals surface area contributed by atoms with Gasteiger partial charge in [-0.25, -0.2) is 0 Å². The number of hydrogen-bond donors (Lipinski definition) is 2. The molecule has 0 saturated heterocycles. The zero-order valence-electron chi connectivity index (χ0n) is 13.2. The van der Waals surface area contributed by atoms with Gasteiger partial charge in [0, 0.05) is 32.7 Å². The lowest BCUT2D eigenvalue weighted by atomic mass is 10.1. The molecule has 6 heteroatoms. The van der Waals surface area contributed by atoms with Gasteiger partial charge in [0.25, 0.3) is 5.91 Å². The van der Waals surface area contributed by atoms with Crippen molar-refractivity contribution in [2.24, 2.45) is 0 Å². The summed E-state index contributed by atoms with van der Waals surface area (Å²) in [6.07, 6.45) is 0. The molecule has 4 nitrogen and oxygen atoms in total. The smallest absolute Gasteiger partial charge is 0.265 e. The SMILES string of the molecule is CNc1c(C(C)=N)c2cc(Br)ccc2n1C(=O)c1ccccc1Br. The Hall–Kier alpha value is -1.92. The van der Waals surface area contributed by atoms with E-state index in [0.29, 0.717) is 17.1 Å². The van der Waals surface area contributed by atoms with Crippen LogP contribution in [0.15, 0.2) is 51.4 Å². The third-order valence-corrected chi connectivity index (χ3v) is 5.03. The second-order valence-electron chi connectivity index (χ2n) is 5.38. The van der Waals surface area contributed by atoms with E-state index < -0.39 is 0 Å². The fraction of sp³-hybridized carbons (Fsp3) is 0.111. The van der Waals surface area contributed by atoms with E-state index in [4.69, 9.17) is 5.41 Å². The fourth-order valence-corrected chi connectivity index (χ4v) is 3.66. The molecule has 2 aromatic carbocycles. The van der Waals surface area contributed by atoms with Crippen LogP contribution in [0.5, 0.6) is 0 Å². The molecule has 0 saturated carbocycles. The maximum absolute atomic E-state index is 13.2. The Morgan fingerprint density at radius 1 is 1.17 bits per heavy atom. The summed E-state index contributed by atoms with van der Waals surface area (Å²) in [6, 6.07) is 13.1. The van der Waals surface area contributed by atoms with Gasteiger partial charge in [-0.1, -0.05) is 28.1 Å². The summed E-state index contributed by atoms with van der Waals surface area (Å²) in [5.41, 5.74) is 2.48. The van der Waals surface area contributed by atoms with Crippen molar-refractivity contribution in [3.05, 3.63) is 62.5 Å². The largest absolute Gasteiger partial charge is 0.374 e. The number of carbonyl (C=O) groups excluding carboxylic acids is 1. The van der Waals surface area contributed by atoms with Crippen LogP contribution in [0.2, 0.25) is 0 Å². The molecule has 0 aliphatic rings. The minimum Gasteiger partial charge on any atom is -0.374 e. The minimum absolute atomic E-state index is 0.147. The van der Waals surface area contributed by atoms with Crippen molar-refractivity contribution in [2.45, 2.75) is 6.92 Å². The van der Waals surface area contributed by atoms with Gasteiger partial charge < -0.3 is 10.7 Å². The number of nitrogens with zero attached hydrogens (tertiary/aromatic N) is 1. The lowest BCUT2D eigenvalue weighted by Crippen LogP contribution is -2.15. The summed E-state index contributed by atoms with van der Waals surface area (Å²) >= 11 is 6.92. The Labute approximate surface area is 156 Å². The number of fused-ring (bicyclic) bond motifs is 1. The maximum Gasteiger partial charge on any atom is 0.265 e. The highest BCUT2D eigenvalue weighted by atomic mass is 79.9. The number of hydrogen-bond acceptors (Lipinski definition) is 3. The topological polar surface area (TPSA) is 57.9 Å². The summed E-state index contributed by atoms with van der Waals surface area (Å²) in [5, 5.41) is 12.1. The van der Waals surface area contributed by atoms with Crippen LogP contribution in [-0.4, -0.2) is 23.2 Å². The second-order valence-corrected chi connectivity index (χ2v) is 7.15. The number of benzene rings is 2. The average molecular weight is 449 g/mol. The fourth-order valence-electron chi connectivity index (χ4n) is 2.85. The quantitative estimate of drug-likeness (QED) is 0.535. The van der Waals surface area contributed by atoms with Crippen molar-refractivity contribution in [2.75, 3.05) is 12.4 Å². The lowest BCUT2D eigenvalue weighted by molar-refractivity contribution is 0.0966. The highest BCUT2D eigenvalue weighted by molar-refractivity contribution is 9.10. The van der Waals surface area contributed by atoms with Crippen molar-refractivity contribution >= 4 is 60.2 Å². The Bertz CT molecular complexity index is 976. The van der Waals surface area contributed by atoms with Crippen LogP contribution in [0.4, 0.5) is 5.82 Å². The first kappa shape index (κ1) is 16.9. The van der Waals surface area contributed by atoms with Gasteiger partial charge in [-0.15, -0.1) is 0 Å². The molecule has 0 spiro atoms. The molecule has 24 heavy (non-hydrogen) atoms. The van der Waals surface area contributed by atoms with E-state index in [-0.39, 0.29) is 5.91 Å². The molecule has 0 unspecified atom stereocenters. The third kappa shape index (κ3) is 2.70. The monoisotopic (exact) mass is 447 g/mol. The van der Waals surface area contributed by atoms with Gasteiger partial charge in [0.2, 0.25) is 0 Å². The van der Waals surface area contributed by atoms with Crippen LogP contribution in [0, 0.1) is 5.41 Å². The second kappa shape index (κ2) is 6.53. The highest BCUT2D eigenvalue weighted by Gasteiger charge is 2.23. The normalized spacial score (nSPS) is 10.8. The third-order valence-electron chi connectivity index (χ3n) is 3.85. The molecule has 0 radical (unpaired) electrons. The summed E-state index contributed by atoms with van der Waals surface area (Å²) in [6.45, 7) is 1.73. The lowest BCUT2D eigenvalue weighted by Gasteiger charge is -2.11. The molecule has 1 heterocycles. The summed E-state index contributed by atoms with van der Waals surface area (Å²) in [5.74, 6) is 0.475. The minimum atomic E-state index is -0.147. The Morgan fingerprint density at radius 2 is 1.88 bits per heavy atom. The molecule has 0 aliphatic carbocycles. The highest BCUT2D eigenvalue weighted by Crippen LogP contribution is 2.34. The van der Waals surface area contributed by atoms with Crippen LogP contribution in [0.1, 0.15) is 22.8 Å². The van der Waals surface area contributed by atoms with Crippen molar-refractivity contribution in [3.63, 3.8) is 0 Å².